The molecule has 0 atom stereocenters. The van der Waals surface area contributed by atoms with Crippen LogP contribution in [0.15, 0.2) is 35.8 Å². The molecule has 1 fully saturated rings. The van der Waals surface area contributed by atoms with Gasteiger partial charge in [0.2, 0.25) is 0 Å². The molecule has 3 N–H and O–H groups in total. The van der Waals surface area contributed by atoms with Crippen LogP contribution in [0.5, 0.6) is 0 Å². The van der Waals surface area contributed by atoms with E-state index in [9.17, 15) is 14.4 Å². The number of thiophene rings is 1. The van der Waals surface area contributed by atoms with Crippen molar-refractivity contribution in [3.8, 4) is 0 Å². The third-order valence-corrected chi connectivity index (χ3v) is 8.12. The fourth-order valence-corrected chi connectivity index (χ4v) is 5.83. The molecule has 1 saturated heterocycles. The van der Waals surface area contributed by atoms with Crippen LogP contribution in [0, 0.1) is 0 Å². The number of hydrogen-bond acceptors (Lipinski definition) is 8. The maximum atomic E-state index is 13.9. The van der Waals surface area contributed by atoms with Gasteiger partial charge in [-0.1, -0.05) is 34.8 Å². The Bertz CT molecular complexity index is 1470. The lowest BCUT2D eigenvalue weighted by Crippen LogP contribution is -2.50. The number of anilines is 3. The van der Waals surface area contributed by atoms with Gasteiger partial charge < -0.3 is 30.5 Å². The summed E-state index contributed by atoms with van der Waals surface area (Å²) < 4.78 is 5.51. The van der Waals surface area contributed by atoms with Gasteiger partial charge in [0.1, 0.15) is 16.4 Å². The number of nitrogens with zero attached hydrogens (tertiary/aromatic N) is 3. The largest absolute Gasteiger partial charge is 0.444 e. The Morgan fingerprint density at radius 2 is 1.71 bits per heavy atom. The van der Waals surface area contributed by atoms with Gasteiger partial charge in [0.15, 0.2) is 0 Å². The molecule has 0 spiro atoms. The normalized spacial score (nSPS) is 13.6. The summed E-state index contributed by atoms with van der Waals surface area (Å²) in [5, 5.41) is 12.0. The van der Waals surface area contributed by atoms with E-state index < -0.39 is 23.5 Å². The number of halogens is 3. The number of benzene rings is 1. The van der Waals surface area contributed by atoms with Crippen molar-refractivity contribution in [2.24, 2.45) is 0 Å². The first kappa shape index (κ1) is 31.8. The monoisotopic (exact) mass is 652 g/mol. The summed E-state index contributed by atoms with van der Waals surface area (Å²) in [6, 6.07) is 6.22. The summed E-state index contributed by atoms with van der Waals surface area (Å²) in [7, 11) is 1.80. The van der Waals surface area contributed by atoms with Gasteiger partial charge in [-0.05, 0) is 63.0 Å². The minimum absolute atomic E-state index is 0.0458. The number of pyridine rings is 1. The molecule has 0 radical (unpaired) electrons. The van der Waals surface area contributed by atoms with E-state index in [4.69, 9.17) is 39.5 Å². The topological polar surface area (TPSA) is 116 Å². The zero-order chi connectivity index (χ0) is 30.6. The summed E-state index contributed by atoms with van der Waals surface area (Å²) in [5.41, 5.74) is 0.812. The van der Waals surface area contributed by atoms with Crippen LogP contribution in [-0.4, -0.2) is 66.6 Å². The molecule has 3 amide bonds. The molecule has 0 saturated carbocycles. The summed E-state index contributed by atoms with van der Waals surface area (Å²) in [4.78, 5) is 47.7. The molecular formula is C28H31Cl3N6O4S. The van der Waals surface area contributed by atoms with Crippen LogP contribution in [0.2, 0.25) is 15.1 Å². The molecule has 0 unspecified atom stereocenters. The minimum atomic E-state index is -0.621. The van der Waals surface area contributed by atoms with Crippen LogP contribution in [-0.2, 0) is 11.3 Å². The average molecular weight is 654 g/mol. The number of rotatable bonds is 7. The van der Waals surface area contributed by atoms with Crippen LogP contribution in [0.3, 0.4) is 0 Å². The lowest BCUT2D eigenvalue weighted by molar-refractivity contribution is 0.0240. The van der Waals surface area contributed by atoms with Crippen molar-refractivity contribution in [1.29, 1.82) is 0 Å². The molecule has 14 heteroatoms. The molecule has 2 aromatic heterocycles. The van der Waals surface area contributed by atoms with Crippen molar-refractivity contribution in [2.45, 2.75) is 32.9 Å². The van der Waals surface area contributed by atoms with E-state index >= 15 is 0 Å². The van der Waals surface area contributed by atoms with Crippen LogP contribution < -0.4 is 20.9 Å². The van der Waals surface area contributed by atoms with Gasteiger partial charge in [-0.3, -0.25) is 9.59 Å². The van der Waals surface area contributed by atoms with E-state index in [1.807, 2.05) is 31.1 Å². The van der Waals surface area contributed by atoms with Gasteiger partial charge in [-0.2, -0.15) is 0 Å². The Balaban J connectivity index is 1.68. The lowest BCUT2D eigenvalue weighted by Gasteiger charge is -2.37. The number of hydrogen-bond donors (Lipinski definition) is 3. The van der Waals surface area contributed by atoms with E-state index in [-0.39, 0.29) is 22.0 Å². The van der Waals surface area contributed by atoms with Crippen molar-refractivity contribution in [1.82, 2.24) is 15.2 Å². The van der Waals surface area contributed by atoms with Crippen LogP contribution in [0.1, 0.15) is 47.1 Å². The standard InChI is InChI=1S/C28H31Cl3N6O4S/c1-28(2,3)41-27(40)37-9-7-36(8-10-37)20-12-18(30)11-19(24(38)34-21-6-5-17(29)14-33-21)22(20)25(39)35-26-23(31)16(13-32-4)15-42-26/h5-6,11-12,14-15,32H,7-10,13H2,1-4H3,(H,35,39)(H,33,34,38). The average Bonchev–Trinajstić information content (AvgIpc) is 3.27. The number of nitrogens with one attached hydrogen (secondary N) is 3. The van der Waals surface area contributed by atoms with Gasteiger partial charge in [-0.25, -0.2) is 9.78 Å². The zero-order valence-electron chi connectivity index (χ0n) is 23.5. The summed E-state index contributed by atoms with van der Waals surface area (Å²) in [6.07, 6.45) is 0.992. The third-order valence-electron chi connectivity index (χ3n) is 6.19. The summed E-state index contributed by atoms with van der Waals surface area (Å²) in [5.74, 6) is -0.870. The Kier molecular flexibility index (Phi) is 10.2. The van der Waals surface area contributed by atoms with Gasteiger partial charge in [0, 0.05) is 43.9 Å². The second kappa shape index (κ2) is 13.5. The highest BCUT2D eigenvalue weighted by molar-refractivity contribution is 7.15. The van der Waals surface area contributed by atoms with Crippen molar-refractivity contribution in [2.75, 3.05) is 48.8 Å². The molecular weight excluding hydrogens is 623 g/mol. The van der Waals surface area contributed by atoms with Crippen molar-refractivity contribution >= 4 is 80.6 Å². The predicted octanol–water partition coefficient (Wildman–Crippen LogP) is 6.38. The fourth-order valence-electron chi connectivity index (χ4n) is 4.29. The molecule has 42 heavy (non-hydrogen) atoms. The molecule has 3 aromatic rings. The van der Waals surface area contributed by atoms with Gasteiger partial charge in [-0.15, -0.1) is 11.3 Å². The second-order valence-corrected chi connectivity index (χ2v) is 12.6. The highest BCUT2D eigenvalue weighted by Gasteiger charge is 2.31. The number of amides is 3. The molecule has 1 aromatic carbocycles. The second-order valence-electron chi connectivity index (χ2n) is 10.5. The Hall–Kier alpha value is -3.09. The van der Waals surface area contributed by atoms with E-state index in [0.717, 1.165) is 5.56 Å². The highest BCUT2D eigenvalue weighted by atomic mass is 35.5. The number of carbonyl (C=O) groups is 3. The van der Waals surface area contributed by atoms with E-state index in [2.05, 4.69) is 20.9 Å². The van der Waals surface area contributed by atoms with E-state index in [0.29, 0.717) is 53.5 Å². The lowest BCUT2D eigenvalue weighted by atomic mass is 10.0. The molecule has 4 rings (SSSR count). The first-order valence-electron chi connectivity index (χ1n) is 13.1. The fraction of sp³-hybridized carbons (Fsp3) is 0.357. The van der Waals surface area contributed by atoms with E-state index in [1.165, 1.54) is 23.6 Å². The van der Waals surface area contributed by atoms with Crippen molar-refractivity contribution in [3.63, 3.8) is 0 Å². The molecule has 1 aliphatic heterocycles. The Morgan fingerprint density at radius 3 is 2.33 bits per heavy atom. The SMILES string of the molecule is CNCc1csc(NC(=O)c2c(C(=O)Nc3ccc(Cl)cn3)cc(Cl)cc2N2CCN(C(=O)OC(C)(C)C)CC2)c1Cl. The highest BCUT2D eigenvalue weighted by Crippen LogP contribution is 2.36. The quantitative estimate of drug-likeness (QED) is 0.271. The first-order chi connectivity index (χ1) is 19.9. The molecule has 3 heterocycles. The summed E-state index contributed by atoms with van der Waals surface area (Å²) in [6.45, 7) is 7.42. The van der Waals surface area contributed by atoms with Crippen LogP contribution in [0.25, 0.3) is 0 Å². The third kappa shape index (κ3) is 7.84. The number of ether oxygens (including phenoxy) is 1. The molecule has 0 aliphatic carbocycles. The molecule has 10 nitrogen and oxygen atoms in total. The van der Waals surface area contributed by atoms with Crippen LogP contribution in [0.4, 0.5) is 21.3 Å². The Morgan fingerprint density at radius 1 is 1.00 bits per heavy atom. The minimum Gasteiger partial charge on any atom is -0.444 e. The van der Waals surface area contributed by atoms with Gasteiger partial charge in [0.05, 0.1) is 26.9 Å². The van der Waals surface area contributed by atoms with E-state index in [1.54, 1.807) is 30.1 Å². The maximum absolute atomic E-state index is 13.9. The Labute approximate surface area is 263 Å². The molecule has 0 bridgehead atoms. The maximum Gasteiger partial charge on any atom is 0.410 e. The van der Waals surface area contributed by atoms with Crippen LogP contribution >= 0.6 is 46.1 Å². The summed E-state index contributed by atoms with van der Waals surface area (Å²) >= 11 is 20.3. The zero-order valence-corrected chi connectivity index (χ0v) is 26.6. The van der Waals surface area contributed by atoms with Gasteiger partial charge >= 0.3 is 6.09 Å². The number of carbonyl (C=O) groups excluding carboxylic acids is 3. The number of aromatic nitrogens is 1. The van der Waals surface area contributed by atoms with Gasteiger partial charge in [0.25, 0.3) is 11.8 Å². The molecule has 1 aliphatic rings. The van der Waals surface area contributed by atoms with Crippen molar-refractivity contribution in [3.05, 3.63) is 67.6 Å². The van der Waals surface area contributed by atoms with Crippen molar-refractivity contribution < 1.29 is 19.1 Å². The smallest absolute Gasteiger partial charge is 0.410 e. The predicted molar refractivity (Wildman–Crippen MR) is 169 cm³/mol. The molecule has 224 valence electrons. The first-order valence-corrected chi connectivity index (χ1v) is 15.1. The number of piperazine rings is 1.